The number of nitrogens with zero attached hydrogens (tertiary/aromatic N) is 1. The summed E-state index contributed by atoms with van der Waals surface area (Å²) in [4.78, 5) is 25.0. The third-order valence-corrected chi connectivity index (χ3v) is 4.48. The van der Waals surface area contributed by atoms with Crippen molar-refractivity contribution in [2.45, 2.75) is 13.0 Å². The second-order valence-corrected chi connectivity index (χ2v) is 5.78. The molecule has 1 saturated heterocycles. The summed E-state index contributed by atoms with van der Waals surface area (Å²) in [5, 5.41) is 9.14. The van der Waals surface area contributed by atoms with Gasteiger partial charge in [0.1, 0.15) is 5.92 Å². The molecule has 2 rings (SSSR count). The summed E-state index contributed by atoms with van der Waals surface area (Å²) >= 11 is 3.39. The number of hydrogen-bond acceptors (Lipinski definition) is 3. The molecule has 0 aliphatic carbocycles. The van der Waals surface area contributed by atoms with Gasteiger partial charge in [-0.15, -0.1) is 0 Å². The number of aryl methyl sites for hydroxylation is 1. The average Bonchev–Trinajstić information content (AvgIpc) is 2.89. The van der Waals surface area contributed by atoms with E-state index in [2.05, 4.69) is 15.9 Å². The van der Waals surface area contributed by atoms with Gasteiger partial charge in [0, 0.05) is 17.1 Å². The van der Waals surface area contributed by atoms with Crippen LogP contribution in [0.15, 0.2) is 22.7 Å². The van der Waals surface area contributed by atoms with Crippen LogP contribution in [0.4, 0.5) is 0 Å². The fourth-order valence-corrected chi connectivity index (χ4v) is 2.54. The molecular formula is C14H16BrNO4. The van der Waals surface area contributed by atoms with Gasteiger partial charge in [-0.2, -0.15) is 0 Å². The molecular weight excluding hydrogens is 326 g/mol. The summed E-state index contributed by atoms with van der Waals surface area (Å²) in [6.45, 7) is 2.31. The van der Waals surface area contributed by atoms with Gasteiger partial charge >= 0.3 is 5.97 Å². The summed E-state index contributed by atoms with van der Waals surface area (Å²) in [6.07, 6.45) is 0. The molecule has 20 heavy (non-hydrogen) atoms. The monoisotopic (exact) mass is 341 g/mol. The maximum Gasteiger partial charge on any atom is 0.311 e. The summed E-state index contributed by atoms with van der Waals surface area (Å²) in [6, 6.07) is 4.90. The number of ether oxygens (including phenoxy) is 1. The average molecular weight is 342 g/mol. The Hall–Kier alpha value is -1.40. The molecule has 0 aromatic heterocycles. The van der Waals surface area contributed by atoms with E-state index in [-0.39, 0.29) is 19.1 Å². The highest BCUT2D eigenvalue weighted by Crippen LogP contribution is 2.22. The summed E-state index contributed by atoms with van der Waals surface area (Å²) in [7, 11) is 1.62. The highest BCUT2D eigenvalue weighted by Gasteiger charge is 2.38. The second kappa shape index (κ2) is 5.93. The number of benzene rings is 1. The van der Waals surface area contributed by atoms with Crippen LogP contribution in [0, 0.1) is 12.8 Å². The van der Waals surface area contributed by atoms with Gasteiger partial charge < -0.3 is 14.7 Å². The van der Waals surface area contributed by atoms with Gasteiger partial charge in [-0.3, -0.25) is 9.59 Å². The van der Waals surface area contributed by atoms with Crippen molar-refractivity contribution >= 4 is 27.8 Å². The van der Waals surface area contributed by atoms with E-state index in [9.17, 15) is 9.59 Å². The molecule has 1 amide bonds. The first kappa shape index (κ1) is 15.0. The molecule has 1 aliphatic rings. The van der Waals surface area contributed by atoms with Crippen LogP contribution in [-0.4, -0.2) is 48.2 Å². The highest BCUT2D eigenvalue weighted by molar-refractivity contribution is 9.10. The van der Waals surface area contributed by atoms with E-state index in [4.69, 9.17) is 9.84 Å². The molecule has 5 nitrogen and oxygen atoms in total. The number of hydrogen-bond donors (Lipinski definition) is 1. The fraction of sp³-hybridized carbons (Fsp3) is 0.429. The first-order chi connectivity index (χ1) is 9.41. The smallest absolute Gasteiger partial charge is 0.311 e. The molecule has 1 aromatic rings. The largest absolute Gasteiger partial charge is 0.481 e. The summed E-state index contributed by atoms with van der Waals surface area (Å²) in [5.74, 6) is -1.79. The SMILES string of the molecule is Cc1cc(C(=O)N(C)C2COCC2C(=O)O)ccc1Br. The lowest BCUT2D eigenvalue weighted by molar-refractivity contribution is -0.142. The summed E-state index contributed by atoms with van der Waals surface area (Å²) < 4.78 is 6.13. The number of carboxylic acid groups (broad SMARTS) is 1. The number of amides is 1. The van der Waals surface area contributed by atoms with E-state index in [0.29, 0.717) is 5.56 Å². The lowest BCUT2D eigenvalue weighted by Gasteiger charge is -2.26. The number of rotatable bonds is 3. The topological polar surface area (TPSA) is 66.8 Å². The Morgan fingerprint density at radius 1 is 1.40 bits per heavy atom. The third-order valence-electron chi connectivity index (χ3n) is 3.59. The number of likely N-dealkylation sites (N-methyl/N-ethyl adjacent to an activating group) is 1. The predicted molar refractivity (Wildman–Crippen MR) is 76.7 cm³/mol. The number of aliphatic carboxylic acids is 1. The van der Waals surface area contributed by atoms with Crippen molar-refractivity contribution in [2.75, 3.05) is 20.3 Å². The number of halogens is 1. The van der Waals surface area contributed by atoms with Crippen LogP contribution in [0.1, 0.15) is 15.9 Å². The Kier molecular flexibility index (Phi) is 4.45. The lowest BCUT2D eigenvalue weighted by atomic mass is 10.0. The Morgan fingerprint density at radius 2 is 2.10 bits per heavy atom. The molecule has 0 bridgehead atoms. The van der Waals surface area contributed by atoms with Gasteiger partial charge in [0.25, 0.3) is 5.91 Å². The van der Waals surface area contributed by atoms with E-state index in [0.717, 1.165) is 10.0 Å². The predicted octanol–water partition coefficient (Wildman–Crippen LogP) is 1.93. The van der Waals surface area contributed by atoms with Gasteiger partial charge in [0.05, 0.1) is 19.3 Å². The minimum absolute atomic E-state index is 0.150. The zero-order valence-electron chi connectivity index (χ0n) is 11.3. The van der Waals surface area contributed by atoms with Crippen LogP contribution in [0.25, 0.3) is 0 Å². The molecule has 0 spiro atoms. The summed E-state index contributed by atoms with van der Waals surface area (Å²) in [5.41, 5.74) is 1.51. The molecule has 1 N–H and O–H groups in total. The van der Waals surface area contributed by atoms with Crippen LogP contribution < -0.4 is 0 Å². The maximum absolute atomic E-state index is 12.4. The molecule has 6 heteroatoms. The minimum Gasteiger partial charge on any atom is -0.481 e. The van der Waals surface area contributed by atoms with Crippen LogP contribution in [0.5, 0.6) is 0 Å². The van der Waals surface area contributed by atoms with Crippen LogP contribution in [0.2, 0.25) is 0 Å². The third kappa shape index (κ3) is 2.86. The molecule has 108 valence electrons. The van der Waals surface area contributed by atoms with Crippen molar-refractivity contribution in [2.24, 2.45) is 5.92 Å². The molecule has 2 unspecified atom stereocenters. The standard InChI is InChI=1S/C14H16BrNO4/c1-8-5-9(3-4-11(8)15)13(17)16(2)12-7-20-6-10(12)14(18)19/h3-5,10,12H,6-7H2,1-2H3,(H,18,19). The molecule has 0 saturated carbocycles. The molecule has 1 aromatic carbocycles. The molecule has 1 heterocycles. The van der Waals surface area contributed by atoms with Crippen molar-refractivity contribution in [3.63, 3.8) is 0 Å². The van der Waals surface area contributed by atoms with Crippen LogP contribution >= 0.6 is 15.9 Å². The van der Waals surface area contributed by atoms with E-state index >= 15 is 0 Å². The molecule has 2 atom stereocenters. The van der Waals surface area contributed by atoms with E-state index in [1.807, 2.05) is 13.0 Å². The molecule has 1 aliphatic heterocycles. The molecule has 1 fully saturated rings. The van der Waals surface area contributed by atoms with Crippen molar-refractivity contribution in [3.8, 4) is 0 Å². The second-order valence-electron chi connectivity index (χ2n) is 4.93. The Bertz CT molecular complexity index is 546. The van der Waals surface area contributed by atoms with Gasteiger partial charge in [-0.25, -0.2) is 0 Å². The molecule has 0 radical (unpaired) electrons. The van der Waals surface area contributed by atoms with Crippen molar-refractivity contribution in [1.82, 2.24) is 4.90 Å². The first-order valence-electron chi connectivity index (χ1n) is 6.25. The van der Waals surface area contributed by atoms with Gasteiger partial charge in [-0.1, -0.05) is 15.9 Å². The first-order valence-corrected chi connectivity index (χ1v) is 7.05. The van der Waals surface area contributed by atoms with Crippen molar-refractivity contribution in [1.29, 1.82) is 0 Å². The Morgan fingerprint density at radius 3 is 2.70 bits per heavy atom. The van der Waals surface area contributed by atoms with Crippen LogP contribution in [0.3, 0.4) is 0 Å². The zero-order valence-corrected chi connectivity index (χ0v) is 12.9. The lowest BCUT2D eigenvalue weighted by Crippen LogP contribution is -2.44. The zero-order chi connectivity index (χ0) is 14.9. The van der Waals surface area contributed by atoms with Gasteiger partial charge in [-0.05, 0) is 30.7 Å². The Labute approximate surface area is 125 Å². The minimum atomic E-state index is -0.931. The van der Waals surface area contributed by atoms with Crippen LogP contribution in [-0.2, 0) is 9.53 Å². The number of carbonyl (C=O) groups excluding carboxylic acids is 1. The van der Waals surface area contributed by atoms with Gasteiger partial charge in [0.2, 0.25) is 0 Å². The van der Waals surface area contributed by atoms with E-state index in [1.54, 1.807) is 19.2 Å². The van der Waals surface area contributed by atoms with Gasteiger partial charge in [0.15, 0.2) is 0 Å². The Balaban J connectivity index is 2.19. The van der Waals surface area contributed by atoms with E-state index < -0.39 is 17.9 Å². The highest BCUT2D eigenvalue weighted by atomic mass is 79.9. The fourth-order valence-electron chi connectivity index (χ4n) is 2.29. The maximum atomic E-state index is 12.4. The van der Waals surface area contributed by atoms with E-state index in [1.165, 1.54) is 4.90 Å². The van der Waals surface area contributed by atoms with Crippen molar-refractivity contribution < 1.29 is 19.4 Å². The van der Waals surface area contributed by atoms with Crippen molar-refractivity contribution in [3.05, 3.63) is 33.8 Å². The normalized spacial score (nSPS) is 21.8. The quantitative estimate of drug-likeness (QED) is 0.912. The number of carboxylic acids is 1. The number of carbonyl (C=O) groups is 2.